The first-order valence-corrected chi connectivity index (χ1v) is 7.89. The van der Waals surface area contributed by atoms with Crippen LogP contribution in [0.4, 0.5) is 10.5 Å². The van der Waals surface area contributed by atoms with Gasteiger partial charge in [-0.3, -0.25) is 14.5 Å². The smallest absolute Gasteiger partial charge is 0.323 e. The molecular formula is C16H18ClN3O3. The van der Waals surface area contributed by atoms with Crippen molar-refractivity contribution in [3.63, 3.8) is 0 Å². The molecule has 23 heavy (non-hydrogen) atoms. The molecule has 2 aliphatic rings. The van der Waals surface area contributed by atoms with Gasteiger partial charge in [-0.2, -0.15) is 0 Å². The highest BCUT2D eigenvalue weighted by molar-refractivity contribution is 6.33. The molecule has 1 aromatic carbocycles. The molecule has 6 nitrogen and oxygen atoms in total. The SMILES string of the molecule is Cc1ccc(NC(=O)CN2C(=O)N[C@@](C)(C3CC3)C2=O)c(Cl)c1. The molecule has 7 heteroatoms. The van der Waals surface area contributed by atoms with E-state index in [1.54, 1.807) is 19.1 Å². The van der Waals surface area contributed by atoms with E-state index in [2.05, 4.69) is 10.6 Å². The number of carbonyl (C=O) groups is 3. The quantitative estimate of drug-likeness (QED) is 0.829. The third kappa shape index (κ3) is 2.91. The summed E-state index contributed by atoms with van der Waals surface area (Å²) < 4.78 is 0. The first kappa shape index (κ1) is 15.8. The Morgan fingerprint density at radius 1 is 1.43 bits per heavy atom. The zero-order valence-corrected chi connectivity index (χ0v) is 13.7. The molecular weight excluding hydrogens is 318 g/mol. The molecule has 1 aliphatic heterocycles. The first-order valence-electron chi connectivity index (χ1n) is 7.51. The largest absolute Gasteiger partial charge is 0.325 e. The van der Waals surface area contributed by atoms with E-state index in [1.807, 2.05) is 13.0 Å². The van der Waals surface area contributed by atoms with E-state index >= 15 is 0 Å². The zero-order chi connectivity index (χ0) is 16.8. The fourth-order valence-corrected chi connectivity index (χ4v) is 3.13. The maximum absolute atomic E-state index is 12.5. The van der Waals surface area contributed by atoms with Crippen molar-refractivity contribution < 1.29 is 14.4 Å². The predicted octanol–water partition coefficient (Wildman–Crippen LogP) is 2.31. The van der Waals surface area contributed by atoms with Gasteiger partial charge < -0.3 is 10.6 Å². The van der Waals surface area contributed by atoms with Gasteiger partial charge in [-0.05, 0) is 50.3 Å². The Labute approximate surface area is 139 Å². The number of halogens is 1. The van der Waals surface area contributed by atoms with Crippen LogP contribution in [0.15, 0.2) is 18.2 Å². The van der Waals surface area contributed by atoms with Gasteiger partial charge in [-0.25, -0.2) is 4.79 Å². The summed E-state index contributed by atoms with van der Waals surface area (Å²) in [4.78, 5) is 37.6. The lowest BCUT2D eigenvalue weighted by Crippen LogP contribution is -2.46. The Bertz CT molecular complexity index is 702. The predicted molar refractivity (Wildman–Crippen MR) is 86.2 cm³/mol. The molecule has 1 aliphatic carbocycles. The lowest BCUT2D eigenvalue weighted by atomic mass is 9.96. The van der Waals surface area contributed by atoms with Crippen LogP contribution in [0.25, 0.3) is 0 Å². The van der Waals surface area contributed by atoms with Crippen LogP contribution in [0, 0.1) is 12.8 Å². The van der Waals surface area contributed by atoms with Gasteiger partial charge in [-0.15, -0.1) is 0 Å². The number of urea groups is 1. The Morgan fingerprint density at radius 3 is 2.74 bits per heavy atom. The second-order valence-corrected chi connectivity index (χ2v) is 6.74. The number of rotatable bonds is 4. The third-order valence-corrected chi connectivity index (χ3v) is 4.71. The maximum atomic E-state index is 12.5. The molecule has 1 atom stereocenters. The molecule has 0 aromatic heterocycles. The second-order valence-electron chi connectivity index (χ2n) is 6.33. The highest BCUT2D eigenvalue weighted by Gasteiger charge is 2.56. The van der Waals surface area contributed by atoms with Crippen molar-refractivity contribution >= 4 is 35.1 Å². The standard InChI is InChI=1S/C16H18ClN3O3/c1-9-3-6-12(11(17)7-9)18-13(21)8-20-14(22)16(2,10-4-5-10)19-15(20)23/h3,6-7,10H,4-5,8H2,1-2H3,(H,18,21)(H,19,23)/t16-/m0/s1. The zero-order valence-electron chi connectivity index (χ0n) is 13.0. The van der Waals surface area contributed by atoms with Crippen molar-refractivity contribution in [1.29, 1.82) is 0 Å². The highest BCUT2D eigenvalue weighted by Crippen LogP contribution is 2.42. The average molecular weight is 336 g/mol. The lowest BCUT2D eigenvalue weighted by molar-refractivity contribution is -0.134. The molecule has 0 radical (unpaired) electrons. The summed E-state index contributed by atoms with van der Waals surface area (Å²) in [5, 5.41) is 5.76. The molecule has 1 saturated heterocycles. The van der Waals surface area contributed by atoms with Crippen molar-refractivity contribution in [3.8, 4) is 0 Å². The van der Waals surface area contributed by atoms with Gasteiger partial charge in [0, 0.05) is 0 Å². The topological polar surface area (TPSA) is 78.5 Å². The summed E-state index contributed by atoms with van der Waals surface area (Å²) in [5.41, 5.74) is 0.556. The number of imide groups is 1. The molecule has 2 N–H and O–H groups in total. The number of hydrogen-bond donors (Lipinski definition) is 2. The van der Waals surface area contributed by atoms with Crippen LogP contribution in [0.2, 0.25) is 5.02 Å². The minimum Gasteiger partial charge on any atom is -0.323 e. The van der Waals surface area contributed by atoms with Crippen molar-refractivity contribution in [2.24, 2.45) is 5.92 Å². The van der Waals surface area contributed by atoms with Crippen LogP contribution in [-0.2, 0) is 9.59 Å². The number of benzene rings is 1. The van der Waals surface area contributed by atoms with Gasteiger partial charge in [-0.1, -0.05) is 17.7 Å². The number of nitrogens with one attached hydrogen (secondary N) is 2. The summed E-state index contributed by atoms with van der Waals surface area (Å²) in [5.74, 6) is -0.631. The second kappa shape index (κ2) is 5.53. The van der Waals surface area contributed by atoms with Gasteiger partial charge in [0.15, 0.2) is 0 Å². The highest BCUT2D eigenvalue weighted by atomic mass is 35.5. The summed E-state index contributed by atoms with van der Waals surface area (Å²) in [6.07, 6.45) is 1.84. The Morgan fingerprint density at radius 2 is 2.13 bits per heavy atom. The van der Waals surface area contributed by atoms with Gasteiger partial charge in [0.1, 0.15) is 12.1 Å². The molecule has 0 bridgehead atoms. The van der Waals surface area contributed by atoms with Crippen molar-refractivity contribution in [3.05, 3.63) is 28.8 Å². The molecule has 3 rings (SSSR count). The first-order chi connectivity index (χ1) is 10.8. The summed E-state index contributed by atoms with van der Waals surface area (Å²) >= 11 is 6.07. The van der Waals surface area contributed by atoms with Crippen molar-refractivity contribution in [2.45, 2.75) is 32.2 Å². The number of amides is 4. The molecule has 0 spiro atoms. The van der Waals surface area contributed by atoms with E-state index in [9.17, 15) is 14.4 Å². The third-order valence-electron chi connectivity index (χ3n) is 4.40. The number of nitrogens with zero attached hydrogens (tertiary/aromatic N) is 1. The van der Waals surface area contributed by atoms with Gasteiger partial charge >= 0.3 is 6.03 Å². The van der Waals surface area contributed by atoms with Gasteiger partial charge in [0.25, 0.3) is 5.91 Å². The molecule has 1 aromatic rings. The average Bonchev–Trinajstić information content (AvgIpc) is 3.28. The number of anilines is 1. The molecule has 4 amide bonds. The van der Waals surface area contributed by atoms with Crippen molar-refractivity contribution in [2.75, 3.05) is 11.9 Å². The normalized spacial score (nSPS) is 23.9. The van der Waals surface area contributed by atoms with E-state index in [1.165, 1.54) is 0 Å². The molecule has 122 valence electrons. The summed E-state index contributed by atoms with van der Waals surface area (Å²) in [7, 11) is 0. The summed E-state index contributed by atoms with van der Waals surface area (Å²) in [6, 6.07) is 4.72. The minimum atomic E-state index is -0.876. The monoisotopic (exact) mass is 335 g/mol. The van der Waals surface area contributed by atoms with E-state index < -0.39 is 17.5 Å². The number of hydrogen-bond acceptors (Lipinski definition) is 3. The molecule has 2 fully saturated rings. The molecule has 1 saturated carbocycles. The van der Waals surface area contributed by atoms with Crippen LogP contribution in [0.3, 0.4) is 0 Å². The Kier molecular flexibility index (Phi) is 3.80. The van der Waals surface area contributed by atoms with E-state index in [4.69, 9.17) is 11.6 Å². The summed E-state index contributed by atoms with van der Waals surface area (Å²) in [6.45, 7) is 3.29. The van der Waals surface area contributed by atoms with Crippen molar-refractivity contribution in [1.82, 2.24) is 10.2 Å². The number of carbonyl (C=O) groups excluding carboxylic acids is 3. The maximum Gasteiger partial charge on any atom is 0.325 e. The van der Waals surface area contributed by atoms with E-state index in [0.29, 0.717) is 10.7 Å². The van der Waals surface area contributed by atoms with Gasteiger partial charge in [0.2, 0.25) is 5.91 Å². The van der Waals surface area contributed by atoms with Crippen LogP contribution >= 0.6 is 11.6 Å². The number of aryl methyl sites for hydroxylation is 1. The lowest BCUT2D eigenvalue weighted by Gasteiger charge is -2.20. The molecule has 0 unspecified atom stereocenters. The van der Waals surface area contributed by atoms with Crippen LogP contribution in [0.5, 0.6) is 0 Å². The van der Waals surface area contributed by atoms with E-state index in [0.717, 1.165) is 23.3 Å². The van der Waals surface area contributed by atoms with Gasteiger partial charge in [0.05, 0.1) is 10.7 Å². The Hall–Kier alpha value is -2.08. The fourth-order valence-electron chi connectivity index (χ4n) is 2.85. The van der Waals surface area contributed by atoms with E-state index in [-0.39, 0.29) is 18.4 Å². The minimum absolute atomic E-state index is 0.165. The van der Waals surface area contributed by atoms with Crippen LogP contribution < -0.4 is 10.6 Å². The molecule has 1 heterocycles. The fraction of sp³-hybridized carbons (Fsp3) is 0.438. The van der Waals surface area contributed by atoms with Crippen LogP contribution in [-0.4, -0.2) is 34.8 Å². The van der Waals surface area contributed by atoms with Crippen LogP contribution in [0.1, 0.15) is 25.3 Å². The Balaban J connectivity index is 1.68.